The van der Waals surface area contributed by atoms with Crippen LogP contribution < -0.4 is 15.2 Å². The monoisotopic (exact) mass is 380 g/mol. The van der Waals surface area contributed by atoms with Crippen LogP contribution >= 0.6 is 0 Å². The zero-order valence-electron chi connectivity index (χ0n) is 16.2. The Morgan fingerprint density at radius 2 is 1.50 bits per heavy atom. The van der Waals surface area contributed by atoms with Crippen LogP contribution in [0.2, 0.25) is 0 Å². The van der Waals surface area contributed by atoms with Gasteiger partial charge in [0, 0.05) is 32.2 Å². The van der Waals surface area contributed by atoms with Gasteiger partial charge in [-0.25, -0.2) is 0 Å². The molecule has 3 heterocycles. The van der Waals surface area contributed by atoms with E-state index in [0.717, 1.165) is 43.5 Å². The van der Waals surface area contributed by atoms with E-state index in [9.17, 15) is 5.11 Å². The summed E-state index contributed by atoms with van der Waals surface area (Å²) in [6.07, 6.45) is 9.11. The number of hydrogen-bond donors (Lipinski definition) is 2. The molecule has 148 valence electrons. The predicted molar refractivity (Wildman–Crippen MR) is 113 cm³/mol. The topological polar surface area (TPSA) is 76.9 Å². The average molecular weight is 380 g/mol. The lowest BCUT2D eigenvalue weighted by molar-refractivity contribution is 0.475. The van der Waals surface area contributed by atoms with E-state index in [1.54, 1.807) is 18.3 Å². The number of aromatic nitrogens is 2. The molecule has 0 amide bonds. The molecule has 0 spiro atoms. The molecule has 2 saturated heterocycles. The zero-order valence-corrected chi connectivity index (χ0v) is 16.2. The van der Waals surface area contributed by atoms with Crippen molar-refractivity contribution in [3.8, 4) is 5.75 Å². The van der Waals surface area contributed by atoms with Crippen molar-refractivity contribution in [2.75, 3.05) is 41.4 Å². The highest BCUT2D eigenvalue weighted by Gasteiger charge is 2.19. The van der Waals surface area contributed by atoms with Gasteiger partial charge in [-0.15, -0.1) is 0 Å². The summed E-state index contributed by atoms with van der Waals surface area (Å²) in [4.78, 5) is 14.2. The van der Waals surface area contributed by atoms with E-state index >= 15 is 0 Å². The maximum atomic E-state index is 9.38. The molecular formula is C21H28N6O. The van der Waals surface area contributed by atoms with Gasteiger partial charge in [0.15, 0.2) is 5.82 Å². The van der Waals surface area contributed by atoms with Crippen LogP contribution in [0, 0.1) is 0 Å². The second-order valence-electron chi connectivity index (χ2n) is 7.47. The summed E-state index contributed by atoms with van der Waals surface area (Å²) in [5, 5.41) is 13.7. The molecule has 2 aliphatic heterocycles. The third-order valence-corrected chi connectivity index (χ3v) is 5.31. The van der Waals surface area contributed by atoms with E-state index in [-0.39, 0.29) is 5.75 Å². The van der Waals surface area contributed by atoms with Gasteiger partial charge in [-0.3, -0.25) is 5.43 Å². The highest BCUT2D eigenvalue weighted by Crippen LogP contribution is 2.25. The third-order valence-electron chi connectivity index (χ3n) is 5.31. The van der Waals surface area contributed by atoms with Gasteiger partial charge in [-0.05, 0) is 68.4 Å². The standard InChI is InChI=1S/C21H28N6O/c28-18-9-7-17(8-10-18)16-22-25-19-15-20(26-11-3-1-4-12-26)24-21(23-19)27-13-5-2-6-14-27/h7-10,15-16,28H,1-6,11-14H2,(H,23,24,25)/b22-16+. The number of rotatable bonds is 5. The molecule has 0 saturated carbocycles. The van der Waals surface area contributed by atoms with Crippen molar-refractivity contribution in [3.63, 3.8) is 0 Å². The molecule has 0 radical (unpaired) electrons. The third kappa shape index (κ3) is 4.71. The molecule has 2 N–H and O–H groups in total. The molecule has 4 rings (SSSR count). The van der Waals surface area contributed by atoms with Gasteiger partial charge in [0.25, 0.3) is 0 Å². The molecule has 7 heteroatoms. The van der Waals surface area contributed by atoms with Crippen molar-refractivity contribution in [2.45, 2.75) is 38.5 Å². The van der Waals surface area contributed by atoms with Crippen molar-refractivity contribution < 1.29 is 5.11 Å². The van der Waals surface area contributed by atoms with E-state index in [1.807, 2.05) is 18.2 Å². The molecule has 7 nitrogen and oxygen atoms in total. The zero-order chi connectivity index (χ0) is 19.2. The Labute approximate surface area is 166 Å². The first-order valence-electron chi connectivity index (χ1n) is 10.2. The largest absolute Gasteiger partial charge is 0.508 e. The van der Waals surface area contributed by atoms with Gasteiger partial charge in [0.2, 0.25) is 5.95 Å². The number of aromatic hydroxyl groups is 1. The van der Waals surface area contributed by atoms with Crippen molar-refractivity contribution in [2.24, 2.45) is 5.10 Å². The molecule has 0 aliphatic carbocycles. The van der Waals surface area contributed by atoms with Crippen molar-refractivity contribution in [3.05, 3.63) is 35.9 Å². The molecule has 28 heavy (non-hydrogen) atoms. The maximum Gasteiger partial charge on any atom is 0.229 e. The summed E-state index contributed by atoms with van der Waals surface area (Å²) in [5.74, 6) is 2.74. The molecular weight excluding hydrogens is 352 g/mol. The van der Waals surface area contributed by atoms with Crippen LogP contribution in [0.1, 0.15) is 44.1 Å². The second-order valence-corrected chi connectivity index (χ2v) is 7.47. The van der Waals surface area contributed by atoms with Crippen LogP contribution in [-0.4, -0.2) is 47.5 Å². The first-order chi connectivity index (χ1) is 13.8. The lowest BCUT2D eigenvalue weighted by atomic mass is 10.1. The molecule has 1 aromatic heterocycles. The Balaban J connectivity index is 1.54. The number of phenolic OH excluding ortho intramolecular Hbond substituents is 1. The Hall–Kier alpha value is -2.83. The highest BCUT2D eigenvalue weighted by molar-refractivity contribution is 5.80. The van der Waals surface area contributed by atoms with E-state index in [1.165, 1.54) is 38.5 Å². The molecule has 1 aromatic carbocycles. The van der Waals surface area contributed by atoms with Crippen LogP contribution in [0.3, 0.4) is 0 Å². The lowest BCUT2D eigenvalue weighted by Gasteiger charge is -2.31. The van der Waals surface area contributed by atoms with E-state index in [0.29, 0.717) is 5.82 Å². The normalized spacial score (nSPS) is 17.9. The summed E-state index contributed by atoms with van der Waals surface area (Å²) >= 11 is 0. The number of anilines is 3. The minimum Gasteiger partial charge on any atom is -0.508 e. The number of hydrazone groups is 1. The van der Waals surface area contributed by atoms with Crippen molar-refractivity contribution in [1.29, 1.82) is 0 Å². The smallest absolute Gasteiger partial charge is 0.229 e. The number of piperidine rings is 2. The number of hydrogen-bond acceptors (Lipinski definition) is 7. The van der Waals surface area contributed by atoms with Crippen LogP contribution in [0.5, 0.6) is 5.75 Å². The van der Waals surface area contributed by atoms with Crippen LogP contribution in [0.4, 0.5) is 17.6 Å². The van der Waals surface area contributed by atoms with Crippen LogP contribution in [0.15, 0.2) is 35.4 Å². The minimum atomic E-state index is 0.248. The summed E-state index contributed by atoms with van der Waals surface area (Å²) in [6.45, 7) is 4.12. The fourth-order valence-electron chi connectivity index (χ4n) is 3.73. The first kappa shape index (κ1) is 18.5. The quantitative estimate of drug-likeness (QED) is 0.610. The highest BCUT2D eigenvalue weighted by atomic mass is 16.3. The number of benzene rings is 1. The number of nitrogens with one attached hydrogen (secondary N) is 1. The summed E-state index contributed by atoms with van der Waals surface area (Å²) in [5.41, 5.74) is 3.98. The van der Waals surface area contributed by atoms with Crippen molar-refractivity contribution in [1.82, 2.24) is 9.97 Å². The number of nitrogens with zero attached hydrogens (tertiary/aromatic N) is 5. The lowest BCUT2D eigenvalue weighted by Crippen LogP contribution is -2.33. The summed E-state index contributed by atoms with van der Waals surface area (Å²) in [6, 6.07) is 8.93. The van der Waals surface area contributed by atoms with Gasteiger partial charge < -0.3 is 14.9 Å². The molecule has 2 aromatic rings. The minimum absolute atomic E-state index is 0.248. The average Bonchev–Trinajstić information content (AvgIpc) is 2.76. The summed E-state index contributed by atoms with van der Waals surface area (Å²) in [7, 11) is 0. The van der Waals surface area contributed by atoms with E-state index < -0.39 is 0 Å². The Bertz CT molecular complexity index is 759. The fraction of sp³-hybridized carbons (Fsp3) is 0.476. The summed E-state index contributed by atoms with van der Waals surface area (Å²) < 4.78 is 0. The molecule has 0 atom stereocenters. The van der Waals surface area contributed by atoms with Gasteiger partial charge in [0.1, 0.15) is 11.6 Å². The molecule has 0 unspecified atom stereocenters. The van der Waals surface area contributed by atoms with Gasteiger partial charge in [-0.1, -0.05) is 0 Å². The SMILES string of the molecule is Oc1ccc(/C=N/Nc2cc(N3CCCCC3)nc(N3CCCCC3)n2)cc1. The van der Waals surface area contributed by atoms with Gasteiger partial charge in [0.05, 0.1) is 6.21 Å². The van der Waals surface area contributed by atoms with Crippen LogP contribution in [-0.2, 0) is 0 Å². The Kier molecular flexibility index (Phi) is 5.89. The fourth-order valence-corrected chi connectivity index (χ4v) is 3.73. The van der Waals surface area contributed by atoms with Gasteiger partial charge in [-0.2, -0.15) is 15.1 Å². The first-order valence-corrected chi connectivity index (χ1v) is 10.2. The Morgan fingerprint density at radius 1 is 0.857 bits per heavy atom. The molecule has 2 fully saturated rings. The van der Waals surface area contributed by atoms with Crippen LogP contribution in [0.25, 0.3) is 0 Å². The molecule has 0 bridgehead atoms. The Morgan fingerprint density at radius 3 is 2.18 bits per heavy atom. The second kappa shape index (κ2) is 8.91. The van der Waals surface area contributed by atoms with E-state index in [4.69, 9.17) is 9.97 Å². The van der Waals surface area contributed by atoms with Crippen molar-refractivity contribution >= 4 is 23.8 Å². The maximum absolute atomic E-state index is 9.38. The van der Waals surface area contributed by atoms with E-state index in [2.05, 4.69) is 20.3 Å². The predicted octanol–water partition coefficient (Wildman–Crippen LogP) is 3.61. The number of phenols is 1. The van der Waals surface area contributed by atoms with Gasteiger partial charge >= 0.3 is 0 Å². The molecule has 2 aliphatic rings.